The van der Waals surface area contributed by atoms with Gasteiger partial charge in [-0.3, -0.25) is 4.79 Å². The van der Waals surface area contributed by atoms with Crippen LogP contribution in [0.15, 0.2) is 112 Å². The third kappa shape index (κ3) is 6.71. The number of alkyl halides is 3. The zero-order valence-corrected chi connectivity index (χ0v) is 26.8. The molecule has 5 aromatic rings. The number of carbonyl (C=O) groups is 1. The molecule has 0 spiro atoms. The summed E-state index contributed by atoms with van der Waals surface area (Å²) >= 11 is 3.59. The van der Waals surface area contributed by atoms with Gasteiger partial charge in [-0.1, -0.05) is 42.5 Å². The van der Waals surface area contributed by atoms with Crippen molar-refractivity contribution in [1.82, 2.24) is 14.1 Å². The van der Waals surface area contributed by atoms with Gasteiger partial charge in [-0.05, 0) is 88.6 Å². The zero-order chi connectivity index (χ0) is 33.2. The fraction of sp³-hybridized carbons (Fsp3) is 0.152. The fourth-order valence-electron chi connectivity index (χ4n) is 4.89. The average molecular weight is 715 g/mol. The molecule has 0 saturated heterocycles. The first-order valence-corrected chi connectivity index (χ1v) is 16.0. The number of nitrogens with zero attached hydrogens (tertiary/aromatic N) is 3. The predicted octanol–water partition coefficient (Wildman–Crippen LogP) is 7.31. The molecule has 1 atom stereocenters. The van der Waals surface area contributed by atoms with Crippen LogP contribution >= 0.6 is 15.9 Å². The van der Waals surface area contributed by atoms with Crippen LogP contribution in [0.25, 0.3) is 28.2 Å². The van der Waals surface area contributed by atoms with Crippen LogP contribution in [-0.2, 0) is 27.4 Å². The van der Waals surface area contributed by atoms with E-state index in [2.05, 4.69) is 15.9 Å². The smallest absolute Gasteiger partial charge is 0.416 e. The summed E-state index contributed by atoms with van der Waals surface area (Å²) in [7, 11) is -1.48. The number of benzene rings is 4. The van der Waals surface area contributed by atoms with Crippen LogP contribution in [0.2, 0.25) is 0 Å². The van der Waals surface area contributed by atoms with Gasteiger partial charge in [0.15, 0.2) is 0 Å². The summed E-state index contributed by atoms with van der Waals surface area (Å²) in [5, 5.41) is 14.6. The molecule has 13 heteroatoms. The molecule has 0 aliphatic carbocycles. The van der Waals surface area contributed by atoms with E-state index < -0.39 is 33.8 Å². The number of methoxy groups -OCH3 is 1. The highest BCUT2D eigenvalue weighted by Crippen LogP contribution is 2.40. The van der Waals surface area contributed by atoms with Gasteiger partial charge in [-0.25, -0.2) is 13.1 Å². The molecule has 1 aromatic heterocycles. The number of ether oxygens (including phenoxy) is 1. The van der Waals surface area contributed by atoms with Crippen molar-refractivity contribution in [3.05, 3.63) is 119 Å². The quantitative estimate of drug-likeness (QED) is 0.163. The number of rotatable bonds is 10. The van der Waals surface area contributed by atoms with Crippen molar-refractivity contribution in [1.29, 1.82) is 0 Å². The summed E-state index contributed by atoms with van der Waals surface area (Å²) in [5.41, 5.74) is 2.31. The molecule has 238 valence electrons. The molecule has 4 aromatic carbocycles. The molecule has 0 fully saturated rings. The van der Waals surface area contributed by atoms with Crippen molar-refractivity contribution < 1.29 is 36.2 Å². The summed E-state index contributed by atoms with van der Waals surface area (Å²) in [6.07, 6.45) is -4.55. The Morgan fingerprint density at radius 3 is 2.07 bits per heavy atom. The van der Waals surface area contributed by atoms with Crippen LogP contribution in [0.4, 0.5) is 13.2 Å². The first-order chi connectivity index (χ1) is 21.8. The van der Waals surface area contributed by atoms with E-state index in [4.69, 9.17) is 9.84 Å². The van der Waals surface area contributed by atoms with Crippen LogP contribution in [0, 0.1) is 0 Å². The third-order valence-electron chi connectivity index (χ3n) is 7.43. The molecule has 0 saturated carbocycles. The number of halogens is 4. The van der Waals surface area contributed by atoms with E-state index in [0.29, 0.717) is 44.0 Å². The summed E-state index contributed by atoms with van der Waals surface area (Å²) < 4.78 is 75.1. The number of likely N-dealkylation sites (N-methyl/N-ethyl adjacent to an activating group) is 1. The number of aliphatic carboxylic acids is 1. The number of sulfonamides is 1. The second-order valence-corrected chi connectivity index (χ2v) is 13.1. The number of aromatic nitrogens is 2. The van der Waals surface area contributed by atoms with Gasteiger partial charge in [-0.2, -0.15) is 22.6 Å². The van der Waals surface area contributed by atoms with Gasteiger partial charge in [-0.15, -0.1) is 0 Å². The fourth-order valence-corrected chi connectivity index (χ4v) is 6.90. The maximum absolute atomic E-state index is 13.5. The van der Waals surface area contributed by atoms with E-state index >= 15 is 0 Å². The van der Waals surface area contributed by atoms with E-state index in [1.165, 1.54) is 55.2 Å². The highest BCUT2D eigenvalue weighted by Gasteiger charge is 2.33. The Balaban J connectivity index is 1.55. The maximum atomic E-state index is 13.5. The van der Waals surface area contributed by atoms with Gasteiger partial charge in [0, 0.05) is 18.2 Å². The first kappa shape index (κ1) is 32.9. The normalized spacial score (nSPS) is 12.7. The topological polar surface area (TPSA) is 102 Å². The molecule has 0 bridgehead atoms. The van der Waals surface area contributed by atoms with Crippen molar-refractivity contribution in [3.63, 3.8) is 0 Å². The first-order valence-electron chi connectivity index (χ1n) is 13.8. The number of carboxylic acid groups (broad SMARTS) is 1. The molecule has 0 radical (unpaired) electrons. The Morgan fingerprint density at radius 2 is 1.52 bits per heavy atom. The van der Waals surface area contributed by atoms with Crippen LogP contribution in [0.5, 0.6) is 5.75 Å². The highest BCUT2D eigenvalue weighted by molar-refractivity contribution is 9.10. The van der Waals surface area contributed by atoms with Gasteiger partial charge in [0.05, 0.1) is 33.4 Å². The second-order valence-electron chi connectivity index (χ2n) is 10.3. The lowest BCUT2D eigenvalue weighted by Crippen LogP contribution is -2.43. The Morgan fingerprint density at radius 1 is 0.935 bits per heavy atom. The average Bonchev–Trinajstić information content (AvgIpc) is 3.40. The zero-order valence-electron chi connectivity index (χ0n) is 24.4. The Labute approximate surface area is 271 Å². The van der Waals surface area contributed by atoms with Crippen LogP contribution in [0.3, 0.4) is 0 Å². The standard InChI is InChI=1S/C33H27BrF3N3O5S/c1-39(28(32(41)42)20-21-6-4-3-5-7-21)46(43,44)27-18-14-25(15-19-27)40-31(23-8-12-24(13-9-23)33(35,36)37)29(34)30(38-40)22-10-16-26(45-2)17-11-22/h3-19,28H,20H2,1-2H3,(H,41,42). The largest absolute Gasteiger partial charge is 0.497 e. The molecule has 1 heterocycles. The molecule has 0 amide bonds. The molecule has 1 unspecified atom stereocenters. The van der Waals surface area contributed by atoms with Crippen molar-refractivity contribution in [3.8, 4) is 34.0 Å². The second kappa shape index (κ2) is 13.1. The molecule has 0 aliphatic rings. The number of hydrogen-bond donors (Lipinski definition) is 1. The number of carboxylic acids is 1. The summed E-state index contributed by atoms with van der Waals surface area (Å²) in [6.45, 7) is 0. The van der Waals surface area contributed by atoms with Crippen LogP contribution in [0.1, 0.15) is 11.1 Å². The van der Waals surface area contributed by atoms with Crippen molar-refractivity contribution in [2.75, 3.05) is 14.2 Å². The lowest BCUT2D eigenvalue weighted by molar-refractivity contribution is -0.141. The molecule has 5 rings (SSSR count). The van der Waals surface area contributed by atoms with Crippen molar-refractivity contribution in [2.24, 2.45) is 0 Å². The van der Waals surface area contributed by atoms with Gasteiger partial charge < -0.3 is 9.84 Å². The summed E-state index contributed by atoms with van der Waals surface area (Å²) in [6, 6.07) is 24.7. The van der Waals surface area contributed by atoms with Crippen LogP contribution < -0.4 is 4.74 Å². The third-order valence-corrected chi connectivity index (χ3v) is 10.1. The van der Waals surface area contributed by atoms with E-state index in [0.717, 1.165) is 16.4 Å². The van der Waals surface area contributed by atoms with Gasteiger partial charge >= 0.3 is 12.1 Å². The molecule has 1 N–H and O–H groups in total. The lowest BCUT2D eigenvalue weighted by atomic mass is 10.1. The highest BCUT2D eigenvalue weighted by atomic mass is 79.9. The van der Waals surface area contributed by atoms with Gasteiger partial charge in [0.2, 0.25) is 10.0 Å². The Kier molecular flexibility index (Phi) is 9.38. The molecular weight excluding hydrogens is 687 g/mol. The lowest BCUT2D eigenvalue weighted by Gasteiger charge is -2.24. The van der Waals surface area contributed by atoms with Crippen molar-refractivity contribution >= 4 is 31.9 Å². The summed E-state index contributed by atoms with van der Waals surface area (Å²) in [4.78, 5) is 12.0. The van der Waals surface area contributed by atoms with Gasteiger partial charge in [0.1, 0.15) is 17.5 Å². The maximum Gasteiger partial charge on any atom is 0.416 e. The minimum Gasteiger partial charge on any atom is -0.497 e. The summed E-state index contributed by atoms with van der Waals surface area (Å²) in [5.74, 6) is -0.668. The minimum atomic E-state index is -4.51. The minimum absolute atomic E-state index is 0.0318. The Bertz CT molecular complexity index is 1950. The molecule has 0 aliphatic heterocycles. The molecule has 8 nitrogen and oxygen atoms in total. The van der Waals surface area contributed by atoms with E-state index in [1.807, 2.05) is 0 Å². The predicted molar refractivity (Wildman–Crippen MR) is 170 cm³/mol. The van der Waals surface area contributed by atoms with E-state index in [9.17, 15) is 31.5 Å². The molecular formula is C33H27BrF3N3O5S. The van der Waals surface area contributed by atoms with E-state index in [1.54, 1.807) is 54.6 Å². The van der Waals surface area contributed by atoms with Crippen molar-refractivity contribution in [2.45, 2.75) is 23.5 Å². The Hall–Kier alpha value is -4.46. The number of hydrogen-bond acceptors (Lipinski definition) is 5. The van der Waals surface area contributed by atoms with Gasteiger partial charge in [0.25, 0.3) is 0 Å². The molecule has 46 heavy (non-hydrogen) atoms. The monoisotopic (exact) mass is 713 g/mol. The van der Waals surface area contributed by atoms with Crippen LogP contribution in [-0.4, -0.2) is 53.8 Å². The SMILES string of the molecule is COc1ccc(-c2nn(-c3ccc(S(=O)(=O)N(C)C(Cc4ccccc4)C(=O)O)cc3)c(-c3ccc(C(F)(F)F)cc3)c2Br)cc1. The van der Waals surface area contributed by atoms with E-state index in [-0.39, 0.29) is 11.3 Å².